The maximum absolute atomic E-state index is 11.9. The van der Waals surface area contributed by atoms with Gasteiger partial charge in [0.1, 0.15) is 0 Å². The largest absolute Gasteiger partial charge is 0.391 e. The fraction of sp³-hybridized carbons (Fsp3) is 0.786. The van der Waals surface area contributed by atoms with Crippen LogP contribution in [0.15, 0.2) is 0 Å². The smallest absolute Gasteiger partial charge is 0.229 e. The van der Waals surface area contributed by atoms with Crippen molar-refractivity contribution in [3.8, 4) is 0 Å². The molecule has 2 fully saturated rings. The van der Waals surface area contributed by atoms with Crippen molar-refractivity contribution in [3.63, 3.8) is 0 Å². The maximum atomic E-state index is 11.9. The van der Waals surface area contributed by atoms with Crippen molar-refractivity contribution in [2.75, 3.05) is 6.54 Å². The van der Waals surface area contributed by atoms with Gasteiger partial charge in [-0.3, -0.25) is 19.3 Å². The monoisotopic (exact) mass is 282 g/mol. The molecule has 2 rings (SSSR count). The van der Waals surface area contributed by atoms with E-state index in [-0.39, 0.29) is 49.6 Å². The molecule has 0 aromatic carbocycles. The standard InChI is InChI=1S/C14H22N2O4/c17-11-5-3-1-2-4-10(11)15-12(18)8-9-16-13(19)6-7-14(16)20/h10-11,17H,1-9H2,(H,15,18). The van der Waals surface area contributed by atoms with E-state index < -0.39 is 6.10 Å². The SMILES string of the molecule is O=C(CCN1C(=O)CCC1=O)NC1CCCCCC1O. The summed E-state index contributed by atoms with van der Waals surface area (Å²) in [6.45, 7) is 0.145. The van der Waals surface area contributed by atoms with Crippen LogP contribution in [0, 0.1) is 0 Å². The number of likely N-dealkylation sites (tertiary alicyclic amines) is 1. The first kappa shape index (κ1) is 15.0. The van der Waals surface area contributed by atoms with Gasteiger partial charge in [0, 0.05) is 25.8 Å². The van der Waals surface area contributed by atoms with Crippen LogP contribution in [0.5, 0.6) is 0 Å². The van der Waals surface area contributed by atoms with Crippen LogP contribution in [0.3, 0.4) is 0 Å². The summed E-state index contributed by atoms with van der Waals surface area (Å²) in [5, 5.41) is 12.8. The zero-order chi connectivity index (χ0) is 14.5. The van der Waals surface area contributed by atoms with Crippen LogP contribution >= 0.6 is 0 Å². The van der Waals surface area contributed by atoms with E-state index in [0.717, 1.165) is 30.6 Å². The van der Waals surface area contributed by atoms with Crippen molar-refractivity contribution in [1.82, 2.24) is 10.2 Å². The third-order valence-corrected chi connectivity index (χ3v) is 4.04. The van der Waals surface area contributed by atoms with Crippen molar-refractivity contribution in [2.45, 2.75) is 63.5 Å². The zero-order valence-electron chi connectivity index (χ0n) is 11.6. The number of amides is 3. The lowest BCUT2D eigenvalue weighted by atomic mass is 10.1. The van der Waals surface area contributed by atoms with Crippen LogP contribution in [0.1, 0.15) is 51.4 Å². The van der Waals surface area contributed by atoms with E-state index in [1.807, 2.05) is 0 Å². The summed E-state index contributed by atoms with van der Waals surface area (Å²) < 4.78 is 0. The molecule has 6 nitrogen and oxygen atoms in total. The predicted octanol–water partition coefficient (Wildman–Crippen LogP) is 0.335. The van der Waals surface area contributed by atoms with Crippen LogP contribution < -0.4 is 5.32 Å². The van der Waals surface area contributed by atoms with E-state index in [1.54, 1.807) is 0 Å². The van der Waals surface area contributed by atoms with Crippen LogP contribution in [-0.2, 0) is 14.4 Å². The molecule has 0 spiro atoms. The van der Waals surface area contributed by atoms with E-state index in [1.165, 1.54) is 0 Å². The molecule has 2 N–H and O–H groups in total. The Hall–Kier alpha value is -1.43. The normalized spacial score (nSPS) is 27.6. The molecule has 3 amide bonds. The minimum atomic E-state index is -0.489. The van der Waals surface area contributed by atoms with Gasteiger partial charge < -0.3 is 10.4 Å². The van der Waals surface area contributed by atoms with E-state index in [0.29, 0.717) is 6.42 Å². The third kappa shape index (κ3) is 3.79. The van der Waals surface area contributed by atoms with Gasteiger partial charge in [0.05, 0.1) is 12.1 Å². The minimum Gasteiger partial charge on any atom is -0.391 e. The highest BCUT2D eigenvalue weighted by Crippen LogP contribution is 2.18. The predicted molar refractivity (Wildman–Crippen MR) is 71.6 cm³/mol. The van der Waals surface area contributed by atoms with Crippen molar-refractivity contribution in [1.29, 1.82) is 0 Å². The van der Waals surface area contributed by atoms with Gasteiger partial charge in [0.25, 0.3) is 0 Å². The molecule has 20 heavy (non-hydrogen) atoms. The molecule has 1 aliphatic carbocycles. The number of hydrogen-bond donors (Lipinski definition) is 2. The number of rotatable bonds is 4. The Morgan fingerprint density at radius 1 is 1.15 bits per heavy atom. The molecular weight excluding hydrogens is 260 g/mol. The molecule has 112 valence electrons. The zero-order valence-corrected chi connectivity index (χ0v) is 11.6. The molecule has 1 saturated carbocycles. The van der Waals surface area contributed by atoms with Crippen LogP contribution in [0.25, 0.3) is 0 Å². The summed E-state index contributed by atoms with van der Waals surface area (Å²) in [5.74, 6) is -0.599. The minimum absolute atomic E-state index is 0.112. The third-order valence-electron chi connectivity index (χ3n) is 4.04. The average molecular weight is 282 g/mol. The Bertz CT molecular complexity index is 381. The van der Waals surface area contributed by atoms with Gasteiger partial charge in [-0.1, -0.05) is 19.3 Å². The lowest BCUT2D eigenvalue weighted by Crippen LogP contribution is -2.44. The van der Waals surface area contributed by atoms with E-state index in [9.17, 15) is 19.5 Å². The number of aliphatic hydroxyl groups excluding tert-OH is 1. The second-order valence-corrected chi connectivity index (χ2v) is 5.57. The van der Waals surface area contributed by atoms with Crippen LogP contribution in [0.2, 0.25) is 0 Å². The summed E-state index contributed by atoms with van der Waals surface area (Å²) in [5.41, 5.74) is 0. The Morgan fingerprint density at radius 2 is 1.80 bits per heavy atom. The molecule has 2 unspecified atom stereocenters. The molecular formula is C14H22N2O4. The topological polar surface area (TPSA) is 86.7 Å². The number of imide groups is 1. The van der Waals surface area contributed by atoms with E-state index >= 15 is 0 Å². The number of carbonyl (C=O) groups excluding carboxylic acids is 3. The fourth-order valence-electron chi connectivity index (χ4n) is 2.82. The molecule has 1 heterocycles. The molecule has 6 heteroatoms. The lowest BCUT2D eigenvalue weighted by Gasteiger charge is -2.22. The van der Waals surface area contributed by atoms with Gasteiger partial charge in [-0.15, -0.1) is 0 Å². The Balaban J connectivity index is 1.77. The first-order valence-corrected chi connectivity index (χ1v) is 7.38. The highest BCUT2D eigenvalue weighted by atomic mass is 16.3. The molecule has 2 atom stereocenters. The second kappa shape index (κ2) is 6.83. The van der Waals surface area contributed by atoms with E-state index in [4.69, 9.17) is 0 Å². The van der Waals surface area contributed by atoms with Gasteiger partial charge in [-0.05, 0) is 12.8 Å². The molecule has 0 aromatic rings. The number of nitrogens with zero attached hydrogens (tertiary/aromatic N) is 1. The summed E-state index contributed by atoms with van der Waals surface area (Å²) in [4.78, 5) is 35.9. The van der Waals surface area contributed by atoms with Crippen molar-refractivity contribution < 1.29 is 19.5 Å². The summed E-state index contributed by atoms with van der Waals surface area (Å²) in [6, 6.07) is -0.199. The first-order valence-electron chi connectivity index (χ1n) is 7.38. The van der Waals surface area contributed by atoms with Gasteiger partial charge in [-0.25, -0.2) is 0 Å². The van der Waals surface area contributed by atoms with Gasteiger partial charge in [-0.2, -0.15) is 0 Å². The highest BCUT2D eigenvalue weighted by Gasteiger charge is 2.29. The average Bonchev–Trinajstić information content (AvgIpc) is 2.60. The van der Waals surface area contributed by atoms with Gasteiger partial charge in [0.15, 0.2) is 0 Å². The summed E-state index contributed by atoms with van der Waals surface area (Å²) in [7, 11) is 0. The van der Waals surface area contributed by atoms with Crippen molar-refractivity contribution >= 4 is 17.7 Å². The maximum Gasteiger partial charge on any atom is 0.229 e. The molecule has 0 radical (unpaired) electrons. The molecule has 0 aromatic heterocycles. The number of carbonyl (C=O) groups is 3. The Labute approximate surface area is 118 Å². The van der Waals surface area contributed by atoms with Crippen LogP contribution in [0.4, 0.5) is 0 Å². The molecule has 1 aliphatic heterocycles. The Morgan fingerprint density at radius 3 is 2.50 bits per heavy atom. The van der Waals surface area contributed by atoms with Crippen molar-refractivity contribution in [3.05, 3.63) is 0 Å². The molecule has 0 bridgehead atoms. The fourth-order valence-corrected chi connectivity index (χ4v) is 2.82. The van der Waals surface area contributed by atoms with E-state index in [2.05, 4.69) is 5.32 Å². The van der Waals surface area contributed by atoms with Gasteiger partial charge >= 0.3 is 0 Å². The molecule has 1 saturated heterocycles. The molecule has 2 aliphatic rings. The number of hydrogen-bond acceptors (Lipinski definition) is 4. The van der Waals surface area contributed by atoms with Crippen LogP contribution in [-0.4, -0.2) is 46.4 Å². The highest BCUT2D eigenvalue weighted by molar-refractivity contribution is 6.02. The summed E-state index contributed by atoms with van der Waals surface area (Å²) >= 11 is 0. The summed E-state index contributed by atoms with van der Waals surface area (Å²) in [6.07, 6.45) is 4.71. The Kier molecular flexibility index (Phi) is 5.11. The lowest BCUT2D eigenvalue weighted by molar-refractivity contribution is -0.138. The quantitative estimate of drug-likeness (QED) is 0.575. The van der Waals surface area contributed by atoms with Crippen molar-refractivity contribution in [2.24, 2.45) is 0 Å². The number of aliphatic hydroxyl groups is 1. The van der Waals surface area contributed by atoms with Gasteiger partial charge in [0.2, 0.25) is 17.7 Å². The number of nitrogens with one attached hydrogen (secondary N) is 1. The first-order chi connectivity index (χ1) is 9.58. The second-order valence-electron chi connectivity index (χ2n) is 5.57.